The summed E-state index contributed by atoms with van der Waals surface area (Å²) in [6.45, 7) is 2.49. The third kappa shape index (κ3) is 4.20. The van der Waals surface area contributed by atoms with Crippen LogP contribution in [0.25, 0.3) is 0 Å². The van der Waals surface area contributed by atoms with E-state index in [1.807, 2.05) is 23.1 Å². The van der Waals surface area contributed by atoms with Gasteiger partial charge in [0.1, 0.15) is 5.82 Å². The normalized spacial score (nSPS) is 18.3. The largest absolute Gasteiger partial charge is 0.352 e. The van der Waals surface area contributed by atoms with E-state index in [1.54, 1.807) is 35.7 Å². The van der Waals surface area contributed by atoms with Gasteiger partial charge in [0.15, 0.2) is 5.11 Å². The van der Waals surface area contributed by atoms with Crippen molar-refractivity contribution < 1.29 is 9.18 Å². The first kappa shape index (κ1) is 20.4. The van der Waals surface area contributed by atoms with E-state index in [-0.39, 0.29) is 30.1 Å². The van der Waals surface area contributed by atoms with Crippen molar-refractivity contribution in [3.05, 3.63) is 82.1 Å². The highest BCUT2D eigenvalue weighted by Gasteiger charge is 2.40. The number of carbonyl (C=O) groups is 1. The molecule has 30 heavy (non-hydrogen) atoms. The Kier molecular flexibility index (Phi) is 6.06. The molecule has 1 aromatic carbocycles. The van der Waals surface area contributed by atoms with Gasteiger partial charge >= 0.3 is 0 Å². The molecule has 2 N–H and O–H groups in total. The van der Waals surface area contributed by atoms with Gasteiger partial charge in [0.25, 0.3) is 0 Å². The zero-order valence-corrected chi connectivity index (χ0v) is 18.0. The highest BCUT2D eigenvalue weighted by atomic mass is 32.1. The van der Waals surface area contributed by atoms with Gasteiger partial charge in [-0.2, -0.15) is 0 Å². The summed E-state index contributed by atoms with van der Waals surface area (Å²) in [5.74, 6) is -0.711. The van der Waals surface area contributed by atoms with Crippen molar-refractivity contribution in [1.29, 1.82) is 0 Å². The van der Waals surface area contributed by atoms with Crippen LogP contribution in [0.5, 0.6) is 0 Å². The van der Waals surface area contributed by atoms with Crippen molar-refractivity contribution in [2.75, 3.05) is 11.9 Å². The number of para-hydroxylation sites is 1. The van der Waals surface area contributed by atoms with E-state index in [2.05, 4.69) is 34.0 Å². The fourth-order valence-corrected chi connectivity index (χ4v) is 5.02. The van der Waals surface area contributed by atoms with Gasteiger partial charge in [-0.3, -0.25) is 9.78 Å². The average molecular weight is 441 g/mol. The zero-order valence-electron chi connectivity index (χ0n) is 16.3. The molecule has 2 aromatic heterocycles. The number of nitrogens with one attached hydrogen (secondary N) is 2. The molecular formula is C22H21FN4OS2. The van der Waals surface area contributed by atoms with E-state index >= 15 is 0 Å². The predicted molar refractivity (Wildman–Crippen MR) is 121 cm³/mol. The summed E-state index contributed by atoms with van der Waals surface area (Å²) < 4.78 is 13.8. The van der Waals surface area contributed by atoms with Crippen LogP contribution in [0.2, 0.25) is 0 Å². The van der Waals surface area contributed by atoms with Crippen LogP contribution in [0, 0.1) is 12.7 Å². The monoisotopic (exact) mass is 440 g/mol. The van der Waals surface area contributed by atoms with Gasteiger partial charge < -0.3 is 15.5 Å². The van der Waals surface area contributed by atoms with Crippen LogP contribution in [0.3, 0.4) is 0 Å². The van der Waals surface area contributed by atoms with Crippen molar-refractivity contribution in [2.24, 2.45) is 0 Å². The van der Waals surface area contributed by atoms with Gasteiger partial charge in [0, 0.05) is 24.0 Å². The maximum absolute atomic E-state index is 13.8. The number of thiophene rings is 1. The van der Waals surface area contributed by atoms with E-state index in [9.17, 15) is 9.18 Å². The Bertz CT molecular complexity index is 1060. The number of carbonyl (C=O) groups excluding carboxylic acids is 1. The first-order valence-corrected chi connectivity index (χ1v) is 10.9. The molecule has 3 heterocycles. The Balaban J connectivity index is 1.53. The van der Waals surface area contributed by atoms with E-state index in [0.717, 1.165) is 5.69 Å². The second-order valence-corrected chi connectivity index (χ2v) is 8.40. The van der Waals surface area contributed by atoms with Gasteiger partial charge in [-0.15, -0.1) is 11.3 Å². The number of aromatic nitrogens is 1. The number of hydrogen-bond donors (Lipinski definition) is 2. The summed E-state index contributed by atoms with van der Waals surface area (Å²) in [6, 6.07) is 13.9. The number of thiocarbonyl (C=S) groups is 1. The van der Waals surface area contributed by atoms with E-state index in [1.165, 1.54) is 16.5 Å². The zero-order chi connectivity index (χ0) is 21.1. The Morgan fingerprint density at radius 3 is 2.77 bits per heavy atom. The third-order valence-corrected chi connectivity index (χ3v) is 6.54. The average Bonchev–Trinajstić information content (AvgIpc) is 3.31. The van der Waals surface area contributed by atoms with Gasteiger partial charge in [0.05, 0.1) is 23.5 Å². The summed E-state index contributed by atoms with van der Waals surface area (Å²) in [4.78, 5) is 20.2. The molecule has 0 saturated carbocycles. The molecule has 154 valence electrons. The van der Waals surface area contributed by atoms with E-state index in [0.29, 0.717) is 11.7 Å². The van der Waals surface area contributed by atoms with E-state index < -0.39 is 5.82 Å². The van der Waals surface area contributed by atoms with Crippen molar-refractivity contribution >= 4 is 40.3 Å². The molecule has 3 aromatic rings. The fraction of sp³-hybridized carbons (Fsp3) is 0.227. The Hall–Kier alpha value is -2.84. The third-order valence-electron chi connectivity index (χ3n) is 5.10. The lowest BCUT2D eigenvalue weighted by Gasteiger charge is -2.27. The molecule has 1 saturated heterocycles. The molecule has 1 aliphatic rings. The molecular weight excluding hydrogens is 419 g/mol. The summed E-state index contributed by atoms with van der Waals surface area (Å²) in [7, 11) is 0. The van der Waals surface area contributed by atoms with Crippen LogP contribution in [-0.2, 0) is 4.79 Å². The number of nitrogens with zero attached hydrogens (tertiary/aromatic N) is 2. The number of aryl methyl sites for hydroxylation is 1. The molecule has 0 spiro atoms. The Morgan fingerprint density at radius 2 is 2.07 bits per heavy atom. The molecule has 1 amide bonds. The summed E-state index contributed by atoms with van der Waals surface area (Å²) in [5, 5.41) is 8.66. The van der Waals surface area contributed by atoms with Crippen LogP contribution in [0.4, 0.5) is 10.1 Å². The molecule has 2 atom stereocenters. The van der Waals surface area contributed by atoms with E-state index in [4.69, 9.17) is 12.2 Å². The second kappa shape index (κ2) is 8.89. The number of hydrogen-bond acceptors (Lipinski definition) is 4. The van der Waals surface area contributed by atoms with Crippen LogP contribution in [0.15, 0.2) is 60.1 Å². The highest BCUT2D eigenvalue weighted by molar-refractivity contribution is 7.80. The lowest BCUT2D eigenvalue weighted by Crippen LogP contribution is -2.32. The standard InChI is InChI=1S/C22H21FN4OS2/c1-14-10-13-30-21(14)20-19(17-8-4-5-11-24-17)26-22(29)27(20)12-9-18(28)25-16-7-3-2-6-15(16)23/h2-8,10-11,13,19-20H,9,12H2,1H3,(H,25,28)(H,26,29)/t19-,20+/m1/s1. The van der Waals surface area contributed by atoms with Gasteiger partial charge in [-0.1, -0.05) is 18.2 Å². The SMILES string of the molecule is Cc1ccsc1[C@@H]1[C@@H](c2ccccn2)NC(=S)N1CCC(=O)Nc1ccccc1F. The lowest BCUT2D eigenvalue weighted by molar-refractivity contribution is -0.116. The molecule has 0 radical (unpaired) electrons. The smallest absolute Gasteiger partial charge is 0.226 e. The second-order valence-electron chi connectivity index (χ2n) is 7.07. The fourth-order valence-electron chi connectivity index (χ4n) is 3.62. The number of halogens is 1. The Morgan fingerprint density at radius 1 is 1.27 bits per heavy atom. The molecule has 0 unspecified atom stereocenters. The van der Waals surface area contributed by atoms with Crippen molar-refractivity contribution in [2.45, 2.75) is 25.4 Å². The first-order chi connectivity index (χ1) is 14.5. The van der Waals surface area contributed by atoms with Crippen molar-refractivity contribution in [1.82, 2.24) is 15.2 Å². The summed E-state index contributed by atoms with van der Waals surface area (Å²) in [6.07, 6.45) is 1.95. The van der Waals surface area contributed by atoms with Crippen LogP contribution >= 0.6 is 23.6 Å². The highest BCUT2D eigenvalue weighted by Crippen LogP contribution is 2.41. The number of benzene rings is 1. The topological polar surface area (TPSA) is 57.3 Å². The lowest BCUT2D eigenvalue weighted by atomic mass is 10.0. The molecule has 5 nitrogen and oxygen atoms in total. The minimum absolute atomic E-state index is 0.0614. The maximum Gasteiger partial charge on any atom is 0.226 e. The van der Waals surface area contributed by atoms with Gasteiger partial charge in [-0.05, 0) is 60.4 Å². The van der Waals surface area contributed by atoms with Crippen molar-refractivity contribution in [3.8, 4) is 0 Å². The Labute approximate surface area is 183 Å². The van der Waals surface area contributed by atoms with Crippen LogP contribution < -0.4 is 10.6 Å². The van der Waals surface area contributed by atoms with Gasteiger partial charge in [0.2, 0.25) is 5.91 Å². The number of pyridine rings is 1. The predicted octanol–water partition coefficient (Wildman–Crippen LogP) is 4.59. The van der Waals surface area contributed by atoms with Crippen LogP contribution in [-0.4, -0.2) is 27.4 Å². The molecule has 0 bridgehead atoms. The summed E-state index contributed by atoms with van der Waals surface area (Å²) >= 11 is 7.28. The quantitative estimate of drug-likeness (QED) is 0.549. The minimum atomic E-state index is -0.452. The molecule has 1 aliphatic heterocycles. The van der Waals surface area contributed by atoms with Crippen molar-refractivity contribution in [3.63, 3.8) is 0 Å². The number of amides is 1. The maximum atomic E-state index is 13.8. The van der Waals surface area contributed by atoms with Crippen LogP contribution in [0.1, 0.15) is 34.6 Å². The number of anilines is 1. The minimum Gasteiger partial charge on any atom is -0.352 e. The molecule has 0 aliphatic carbocycles. The number of rotatable bonds is 6. The first-order valence-electron chi connectivity index (χ1n) is 9.61. The summed E-state index contributed by atoms with van der Waals surface area (Å²) in [5.41, 5.74) is 2.26. The van der Waals surface area contributed by atoms with Gasteiger partial charge in [-0.25, -0.2) is 4.39 Å². The molecule has 8 heteroatoms. The molecule has 1 fully saturated rings. The molecule has 4 rings (SSSR count).